The fourth-order valence-electron chi connectivity index (χ4n) is 2.48. The molecule has 0 aliphatic rings. The van der Waals surface area contributed by atoms with Gasteiger partial charge in [-0.05, 0) is 55.8 Å². The maximum absolute atomic E-state index is 12.3. The summed E-state index contributed by atoms with van der Waals surface area (Å²) in [6.45, 7) is 7.84. The summed E-state index contributed by atoms with van der Waals surface area (Å²) in [7, 11) is 0. The average molecular weight is 417 g/mol. The molecule has 0 aliphatic carbocycles. The van der Waals surface area contributed by atoms with Crippen molar-refractivity contribution in [3.8, 4) is 5.75 Å². The van der Waals surface area contributed by atoms with E-state index in [2.05, 4.69) is 31.7 Å². The molecule has 1 aromatic carbocycles. The first-order valence-electron chi connectivity index (χ1n) is 7.45. The minimum atomic E-state index is -0.377. The Bertz CT molecular complexity index is 729. The highest BCUT2D eigenvalue weighted by Crippen LogP contribution is 2.36. The standard InChI is InChI=1S/C16H19BrClN3O3/c1-5-23-15-12(17)6-11(18)7-13(15)20-16(22)19-8(2)14-9(3)21-24-10(14)4/h6-8H,5H2,1-4H3,(H2,19,20,22). The largest absolute Gasteiger partial charge is 0.491 e. The molecule has 2 aromatic rings. The lowest BCUT2D eigenvalue weighted by Crippen LogP contribution is -2.31. The Hall–Kier alpha value is -1.73. The number of nitrogens with zero attached hydrogens (tertiary/aromatic N) is 1. The maximum atomic E-state index is 12.3. The second-order valence-corrected chi connectivity index (χ2v) is 6.55. The van der Waals surface area contributed by atoms with E-state index in [-0.39, 0.29) is 12.1 Å². The highest BCUT2D eigenvalue weighted by atomic mass is 79.9. The Morgan fingerprint density at radius 2 is 2.17 bits per heavy atom. The normalized spacial score (nSPS) is 11.9. The van der Waals surface area contributed by atoms with E-state index in [1.54, 1.807) is 12.1 Å². The molecule has 2 amide bonds. The van der Waals surface area contributed by atoms with Gasteiger partial charge >= 0.3 is 6.03 Å². The average Bonchev–Trinajstić information content (AvgIpc) is 2.81. The van der Waals surface area contributed by atoms with Gasteiger partial charge in [0, 0.05) is 10.6 Å². The molecule has 1 atom stereocenters. The summed E-state index contributed by atoms with van der Waals surface area (Å²) in [4.78, 5) is 12.3. The molecule has 1 aromatic heterocycles. The number of urea groups is 1. The van der Waals surface area contributed by atoms with E-state index in [1.807, 2.05) is 27.7 Å². The summed E-state index contributed by atoms with van der Waals surface area (Å²) < 4.78 is 11.4. The van der Waals surface area contributed by atoms with Gasteiger partial charge in [0.1, 0.15) is 5.76 Å². The Kier molecular flexibility index (Phi) is 6.12. The quantitative estimate of drug-likeness (QED) is 0.720. The van der Waals surface area contributed by atoms with Crippen molar-refractivity contribution in [1.29, 1.82) is 0 Å². The first kappa shape index (κ1) is 18.6. The van der Waals surface area contributed by atoms with Crippen LogP contribution in [-0.4, -0.2) is 17.8 Å². The number of aromatic nitrogens is 1. The molecule has 0 fully saturated rings. The SMILES string of the molecule is CCOc1c(Br)cc(Cl)cc1NC(=O)NC(C)c1c(C)noc1C. The number of halogens is 2. The number of nitrogens with one attached hydrogen (secondary N) is 2. The van der Waals surface area contributed by atoms with Crippen molar-refractivity contribution in [2.45, 2.75) is 33.7 Å². The molecule has 0 saturated carbocycles. The van der Waals surface area contributed by atoms with Crippen molar-refractivity contribution in [2.75, 3.05) is 11.9 Å². The number of hydrogen-bond donors (Lipinski definition) is 2. The number of hydrogen-bond acceptors (Lipinski definition) is 4. The molecule has 2 rings (SSSR count). The van der Waals surface area contributed by atoms with Gasteiger partial charge in [0.15, 0.2) is 5.75 Å². The first-order chi connectivity index (χ1) is 11.3. The monoisotopic (exact) mass is 415 g/mol. The van der Waals surface area contributed by atoms with Crippen LogP contribution in [-0.2, 0) is 0 Å². The zero-order valence-electron chi connectivity index (χ0n) is 13.9. The van der Waals surface area contributed by atoms with E-state index in [0.29, 0.717) is 33.3 Å². The Morgan fingerprint density at radius 1 is 1.46 bits per heavy atom. The second kappa shape index (κ2) is 7.90. The van der Waals surface area contributed by atoms with Crippen LogP contribution in [0.2, 0.25) is 5.02 Å². The zero-order chi connectivity index (χ0) is 17.9. The first-order valence-corrected chi connectivity index (χ1v) is 8.62. The third-order valence-corrected chi connectivity index (χ3v) is 4.22. The highest BCUT2D eigenvalue weighted by molar-refractivity contribution is 9.10. The number of carbonyl (C=O) groups is 1. The fourth-order valence-corrected chi connectivity index (χ4v) is 3.40. The molecule has 0 saturated heterocycles. The third-order valence-electron chi connectivity index (χ3n) is 3.41. The van der Waals surface area contributed by atoms with Crippen LogP contribution in [0.5, 0.6) is 5.75 Å². The summed E-state index contributed by atoms with van der Waals surface area (Å²) in [6, 6.07) is 2.71. The van der Waals surface area contributed by atoms with Crippen LogP contribution in [0.25, 0.3) is 0 Å². The lowest BCUT2D eigenvalue weighted by atomic mass is 10.1. The molecular weight excluding hydrogens is 398 g/mol. The van der Waals surface area contributed by atoms with E-state index in [1.165, 1.54) is 0 Å². The van der Waals surface area contributed by atoms with E-state index in [0.717, 1.165) is 11.3 Å². The summed E-state index contributed by atoms with van der Waals surface area (Å²) in [5, 5.41) is 10.0. The lowest BCUT2D eigenvalue weighted by Gasteiger charge is -2.17. The Labute approximate surface area is 154 Å². The van der Waals surface area contributed by atoms with Crippen LogP contribution in [0.1, 0.15) is 36.9 Å². The van der Waals surface area contributed by atoms with Crippen molar-refractivity contribution in [1.82, 2.24) is 10.5 Å². The molecule has 0 radical (unpaired) electrons. The van der Waals surface area contributed by atoms with E-state index in [9.17, 15) is 4.79 Å². The highest BCUT2D eigenvalue weighted by Gasteiger charge is 2.19. The molecule has 0 aliphatic heterocycles. The Balaban J connectivity index is 2.15. The van der Waals surface area contributed by atoms with Crippen molar-refractivity contribution >= 4 is 39.2 Å². The van der Waals surface area contributed by atoms with Crippen LogP contribution in [0.4, 0.5) is 10.5 Å². The van der Waals surface area contributed by atoms with Gasteiger partial charge in [-0.3, -0.25) is 0 Å². The van der Waals surface area contributed by atoms with Crippen LogP contribution in [0.3, 0.4) is 0 Å². The lowest BCUT2D eigenvalue weighted by molar-refractivity contribution is 0.249. The maximum Gasteiger partial charge on any atom is 0.319 e. The fraction of sp³-hybridized carbons (Fsp3) is 0.375. The molecule has 8 heteroatoms. The van der Waals surface area contributed by atoms with E-state index in [4.69, 9.17) is 20.9 Å². The molecule has 2 N–H and O–H groups in total. The van der Waals surface area contributed by atoms with Gasteiger partial charge in [0.05, 0.1) is 28.5 Å². The summed E-state index contributed by atoms with van der Waals surface area (Å²) in [5.41, 5.74) is 2.10. The van der Waals surface area contributed by atoms with Gasteiger partial charge in [-0.25, -0.2) is 4.79 Å². The molecule has 24 heavy (non-hydrogen) atoms. The number of benzene rings is 1. The van der Waals surface area contributed by atoms with Gasteiger partial charge in [-0.2, -0.15) is 0 Å². The van der Waals surface area contributed by atoms with Gasteiger partial charge < -0.3 is 19.9 Å². The number of aryl methyl sites for hydroxylation is 2. The summed E-state index contributed by atoms with van der Waals surface area (Å²) in [6.07, 6.45) is 0. The smallest absolute Gasteiger partial charge is 0.319 e. The number of carbonyl (C=O) groups excluding carboxylic acids is 1. The zero-order valence-corrected chi connectivity index (χ0v) is 16.2. The van der Waals surface area contributed by atoms with Gasteiger partial charge in [-0.1, -0.05) is 16.8 Å². The molecule has 6 nitrogen and oxygen atoms in total. The van der Waals surface area contributed by atoms with Gasteiger partial charge in [0.25, 0.3) is 0 Å². The van der Waals surface area contributed by atoms with E-state index >= 15 is 0 Å². The number of anilines is 1. The molecule has 130 valence electrons. The third kappa shape index (κ3) is 4.21. The Morgan fingerprint density at radius 3 is 2.75 bits per heavy atom. The number of amides is 2. The van der Waals surface area contributed by atoms with Crippen LogP contribution >= 0.6 is 27.5 Å². The van der Waals surface area contributed by atoms with Crippen molar-refractivity contribution < 1.29 is 14.1 Å². The van der Waals surface area contributed by atoms with Crippen LogP contribution in [0.15, 0.2) is 21.1 Å². The summed E-state index contributed by atoms with van der Waals surface area (Å²) in [5.74, 6) is 1.21. The van der Waals surface area contributed by atoms with Crippen molar-refractivity contribution in [3.05, 3.63) is 38.6 Å². The van der Waals surface area contributed by atoms with Gasteiger partial charge in [-0.15, -0.1) is 0 Å². The minimum absolute atomic E-state index is 0.255. The molecule has 1 heterocycles. The molecule has 0 bridgehead atoms. The van der Waals surface area contributed by atoms with Crippen molar-refractivity contribution in [2.24, 2.45) is 0 Å². The van der Waals surface area contributed by atoms with Crippen LogP contribution in [0, 0.1) is 13.8 Å². The number of rotatable bonds is 5. The second-order valence-electron chi connectivity index (χ2n) is 5.26. The number of ether oxygens (including phenoxy) is 1. The molecule has 1 unspecified atom stereocenters. The predicted molar refractivity (Wildman–Crippen MR) is 96.9 cm³/mol. The molecule has 0 spiro atoms. The molecular formula is C16H19BrClN3O3. The van der Waals surface area contributed by atoms with E-state index < -0.39 is 0 Å². The topological polar surface area (TPSA) is 76.4 Å². The van der Waals surface area contributed by atoms with Crippen molar-refractivity contribution in [3.63, 3.8) is 0 Å². The van der Waals surface area contributed by atoms with Crippen LogP contribution < -0.4 is 15.4 Å². The van der Waals surface area contributed by atoms with Gasteiger partial charge in [0.2, 0.25) is 0 Å². The predicted octanol–water partition coefficient (Wildman–Crippen LogP) is 4.99. The summed E-state index contributed by atoms with van der Waals surface area (Å²) >= 11 is 9.44. The minimum Gasteiger partial charge on any atom is -0.491 e.